The molecule has 0 heterocycles. The van der Waals surface area contributed by atoms with Crippen molar-refractivity contribution in [3.05, 3.63) is 35.6 Å². The van der Waals surface area contributed by atoms with Gasteiger partial charge in [0.05, 0.1) is 6.61 Å². The lowest BCUT2D eigenvalue weighted by atomic mass is 10.0. The summed E-state index contributed by atoms with van der Waals surface area (Å²) in [7, 11) is 0. The predicted molar refractivity (Wildman–Crippen MR) is 67.1 cm³/mol. The zero-order valence-corrected chi connectivity index (χ0v) is 11.6. The van der Waals surface area contributed by atoms with E-state index >= 15 is 0 Å². The molecule has 0 aliphatic rings. The summed E-state index contributed by atoms with van der Waals surface area (Å²) >= 11 is 0. The van der Waals surface area contributed by atoms with Crippen LogP contribution < -0.4 is 0 Å². The van der Waals surface area contributed by atoms with Crippen LogP contribution in [0.25, 0.3) is 0 Å². The van der Waals surface area contributed by atoms with Crippen LogP contribution in [-0.2, 0) is 19.1 Å². The summed E-state index contributed by atoms with van der Waals surface area (Å²) in [6, 6.07) is 4.55. The summed E-state index contributed by atoms with van der Waals surface area (Å²) in [5, 5.41) is 0. The molecule has 0 amide bonds. The van der Waals surface area contributed by atoms with Crippen LogP contribution in [-0.4, -0.2) is 24.5 Å². The molecule has 116 valence electrons. The fraction of sp³-hybridized carbons (Fsp3) is 0.429. The van der Waals surface area contributed by atoms with Crippen LogP contribution in [0.5, 0.6) is 0 Å². The highest BCUT2D eigenvalue weighted by molar-refractivity contribution is 5.79. The third-order valence-corrected chi connectivity index (χ3v) is 2.60. The van der Waals surface area contributed by atoms with Crippen molar-refractivity contribution in [3.63, 3.8) is 0 Å². The predicted octanol–water partition coefficient (Wildman–Crippen LogP) is 3.02. The third kappa shape index (κ3) is 3.96. The molecule has 0 aliphatic heterocycles. The molecular weight excluding hydrogens is 289 g/mol. The smallest absolute Gasteiger partial charge is 0.382 e. The molecule has 1 rings (SSSR count). The van der Waals surface area contributed by atoms with Gasteiger partial charge in [-0.05, 0) is 13.0 Å². The van der Waals surface area contributed by atoms with Crippen LogP contribution in [0.1, 0.15) is 31.9 Å². The second-order valence-corrected chi connectivity index (χ2v) is 4.09. The normalized spacial score (nSPS) is 12.6. The maximum atomic E-state index is 14.1. The molecule has 1 aromatic carbocycles. The van der Waals surface area contributed by atoms with Crippen molar-refractivity contribution in [2.24, 2.45) is 0 Å². The Kier molecular flexibility index (Phi) is 5.75. The zero-order valence-electron chi connectivity index (χ0n) is 11.6. The Morgan fingerprint density at radius 2 is 1.86 bits per heavy atom. The van der Waals surface area contributed by atoms with Gasteiger partial charge in [-0.15, -0.1) is 0 Å². The van der Waals surface area contributed by atoms with E-state index in [0.29, 0.717) is 0 Å². The van der Waals surface area contributed by atoms with Gasteiger partial charge < -0.3 is 9.47 Å². The number of hydrogen-bond acceptors (Lipinski definition) is 4. The van der Waals surface area contributed by atoms with Crippen molar-refractivity contribution in [2.45, 2.75) is 32.3 Å². The van der Waals surface area contributed by atoms with Crippen LogP contribution in [0.3, 0.4) is 0 Å². The van der Waals surface area contributed by atoms with Gasteiger partial charge >= 0.3 is 17.9 Å². The van der Waals surface area contributed by atoms with Crippen molar-refractivity contribution in [3.8, 4) is 0 Å². The van der Waals surface area contributed by atoms with Gasteiger partial charge in [-0.3, -0.25) is 4.79 Å². The van der Waals surface area contributed by atoms with Crippen LogP contribution in [0.4, 0.5) is 13.2 Å². The lowest BCUT2D eigenvalue weighted by molar-refractivity contribution is -0.199. The molecule has 0 unspecified atom stereocenters. The highest BCUT2D eigenvalue weighted by Gasteiger charge is 2.53. The van der Waals surface area contributed by atoms with E-state index < -0.39 is 35.3 Å². The molecule has 0 fully saturated rings. The monoisotopic (exact) mass is 304 g/mol. The topological polar surface area (TPSA) is 52.6 Å². The number of hydrogen-bond donors (Lipinski definition) is 0. The molecule has 0 spiro atoms. The molecule has 1 atom stereocenters. The van der Waals surface area contributed by atoms with Gasteiger partial charge in [-0.2, -0.15) is 8.78 Å². The van der Waals surface area contributed by atoms with E-state index in [1.807, 2.05) is 0 Å². The van der Waals surface area contributed by atoms with Crippen molar-refractivity contribution >= 4 is 11.9 Å². The highest BCUT2D eigenvalue weighted by atomic mass is 19.3. The molecule has 0 radical (unpaired) electrons. The summed E-state index contributed by atoms with van der Waals surface area (Å²) in [4.78, 5) is 22.7. The fourth-order valence-electron chi connectivity index (χ4n) is 1.57. The third-order valence-electron chi connectivity index (χ3n) is 2.60. The van der Waals surface area contributed by atoms with Crippen LogP contribution >= 0.6 is 0 Å². The van der Waals surface area contributed by atoms with E-state index in [1.165, 1.54) is 26.0 Å². The Morgan fingerprint density at radius 3 is 2.38 bits per heavy atom. The number of benzene rings is 1. The molecule has 0 saturated carbocycles. The Bertz CT molecular complexity index is 517. The number of esters is 2. The molecule has 0 N–H and O–H groups in total. The van der Waals surface area contributed by atoms with Gasteiger partial charge in [-0.25, -0.2) is 9.18 Å². The molecule has 1 aromatic rings. The second kappa shape index (κ2) is 7.10. The largest absolute Gasteiger partial charge is 0.461 e. The van der Waals surface area contributed by atoms with E-state index in [-0.39, 0.29) is 13.0 Å². The maximum Gasteiger partial charge on any atom is 0.382 e. The Morgan fingerprint density at radius 1 is 1.24 bits per heavy atom. The Balaban J connectivity index is 3.22. The first-order valence-corrected chi connectivity index (χ1v) is 6.33. The zero-order chi connectivity index (χ0) is 16.0. The number of carbonyl (C=O) groups excluding carboxylic acids is 2. The molecule has 7 heteroatoms. The summed E-state index contributed by atoms with van der Waals surface area (Å²) in [5.41, 5.74) is -0.586. The minimum atomic E-state index is -4.19. The number of alkyl halides is 2. The van der Waals surface area contributed by atoms with Crippen molar-refractivity contribution in [2.75, 3.05) is 6.61 Å². The summed E-state index contributed by atoms with van der Waals surface area (Å²) < 4.78 is 50.8. The molecular formula is C14H15F3O4. The first-order chi connectivity index (χ1) is 9.84. The minimum Gasteiger partial charge on any atom is -0.461 e. The number of halogens is 3. The molecule has 0 aromatic heterocycles. The first kappa shape index (κ1) is 17.0. The van der Waals surface area contributed by atoms with Crippen molar-refractivity contribution in [1.82, 2.24) is 0 Å². The summed E-state index contributed by atoms with van der Waals surface area (Å²) in [6.45, 7) is 2.47. The summed E-state index contributed by atoms with van der Waals surface area (Å²) in [5.74, 6) is -8.05. The Hall–Kier alpha value is -2.05. The number of ether oxygens (including phenoxy) is 2. The van der Waals surface area contributed by atoms with Gasteiger partial charge in [0.15, 0.2) is 0 Å². The number of rotatable bonds is 6. The lowest BCUT2D eigenvalue weighted by Gasteiger charge is -2.25. The average molecular weight is 304 g/mol. The summed E-state index contributed by atoms with van der Waals surface area (Å²) in [6.07, 6.45) is -2.56. The van der Waals surface area contributed by atoms with E-state index in [2.05, 4.69) is 9.47 Å². The van der Waals surface area contributed by atoms with E-state index in [0.717, 1.165) is 12.1 Å². The second-order valence-electron chi connectivity index (χ2n) is 4.09. The standard InChI is InChI=1S/C14H15F3O4/c1-3-11(18)21-12(9-7-5-6-8-10(9)15)14(16,17)13(19)20-4-2/h5-8,12H,3-4H2,1-2H3/t12-/m0/s1. The Labute approximate surface area is 119 Å². The molecule has 21 heavy (non-hydrogen) atoms. The fourth-order valence-corrected chi connectivity index (χ4v) is 1.57. The van der Waals surface area contributed by atoms with E-state index in [9.17, 15) is 22.8 Å². The SMILES string of the molecule is CCOC(=O)C(F)(F)[C@@H](OC(=O)CC)c1ccccc1F. The molecule has 0 aliphatic carbocycles. The van der Waals surface area contributed by atoms with Crippen LogP contribution in [0.2, 0.25) is 0 Å². The van der Waals surface area contributed by atoms with Crippen molar-refractivity contribution in [1.29, 1.82) is 0 Å². The number of carbonyl (C=O) groups is 2. The van der Waals surface area contributed by atoms with Gasteiger partial charge in [0.25, 0.3) is 0 Å². The molecule has 4 nitrogen and oxygen atoms in total. The highest BCUT2D eigenvalue weighted by Crippen LogP contribution is 2.37. The lowest BCUT2D eigenvalue weighted by Crippen LogP contribution is -2.40. The quantitative estimate of drug-likeness (QED) is 0.758. The van der Waals surface area contributed by atoms with E-state index in [4.69, 9.17) is 0 Å². The van der Waals surface area contributed by atoms with Crippen molar-refractivity contribution < 1.29 is 32.2 Å². The van der Waals surface area contributed by atoms with Gasteiger partial charge in [0.1, 0.15) is 5.82 Å². The molecule has 0 saturated heterocycles. The van der Waals surface area contributed by atoms with E-state index in [1.54, 1.807) is 0 Å². The van der Waals surface area contributed by atoms with Crippen LogP contribution in [0, 0.1) is 5.82 Å². The van der Waals surface area contributed by atoms with Gasteiger partial charge in [-0.1, -0.05) is 25.1 Å². The first-order valence-electron chi connectivity index (χ1n) is 6.33. The van der Waals surface area contributed by atoms with Gasteiger partial charge in [0.2, 0.25) is 6.10 Å². The van der Waals surface area contributed by atoms with Gasteiger partial charge in [0, 0.05) is 12.0 Å². The average Bonchev–Trinajstić information content (AvgIpc) is 2.45. The van der Waals surface area contributed by atoms with Crippen LogP contribution in [0.15, 0.2) is 24.3 Å². The molecule has 0 bridgehead atoms. The maximum absolute atomic E-state index is 14.1. The minimum absolute atomic E-state index is 0.191.